The van der Waals surface area contributed by atoms with Gasteiger partial charge < -0.3 is 5.73 Å². The van der Waals surface area contributed by atoms with E-state index >= 15 is 0 Å². The molecule has 0 aliphatic heterocycles. The van der Waals surface area contributed by atoms with Crippen LogP contribution in [0.2, 0.25) is 0 Å². The normalized spacial score (nSPS) is 13.8. The van der Waals surface area contributed by atoms with E-state index in [1.807, 2.05) is 0 Å². The molecule has 0 aliphatic carbocycles. The smallest absolute Gasteiger partial charge is 0.369 e. The zero-order valence-electron chi connectivity index (χ0n) is 12.0. The Morgan fingerprint density at radius 2 is 1.58 bits per heavy atom. The number of aromatic amines is 1. The number of carbonyl (C=O) groups is 1. The molecule has 1 amide bonds. The summed E-state index contributed by atoms with van der Waals surface area (Å²) in [5, 5.41) is 5.83. The van der Waals surface area contributed by atoms with Crippen LogP contribution in [0.3, 0.4) is 0 Å². The number of nitrogens with one attached hydrogen (secondary N) is 1. The highest BCUT2D eigenvalue weighted by Crippen LogP contribution is 2.38. The zero-order chi connectivity index (χ0) is 18.3. The van der Waals surface area contributed by atoms with Crippen molar-refractivity contribution in [1.82, 2.24) is 15.2 Å². The highest BCUT2D eigenvalue weighted by atomic mass is 19.4. The molecule has 2 rings (SSSR count). The third-order valence-electron chi connectivity index (χ3n) is 3.19. The minimum atomic E-state index is -4.98. The molecule has 1 heterocycles. The first kappa shape index (κ1) is 17.8. The van der Waals surface area contributed by atoms with Gasteiger partial charge in [-0.2, -0.15) is 31.4 Å². The number of carbonyl (C=O) groups excluding carboxylic acids is 1. The molecule has 0 bridgehead atoms. The van der Waals surface area contributed by atoms with E-state index in [9.17, 15) is 31.1 Å². The van der Waals surface area contributed by atoms with Crippen molar-refractivity contribution in [3.05, 3.63) is 35.2 Å². The maximum Gasteiger partial charge on any atom is 0.416 e. The third kappa shape index (κ3) is 3.66. The molecule has 3 N–H and O–H groups in total. The standard InChI is InChI=1S/C13H10F6N4O/c1-5(9(20)24)10-21-11(23-22-10)6-2-7(12(14,15)16)4-8(3-6)13(17,18)19/h2-5H,1H3,(H2,20,24)(H,21,22,23). The number of hydrogen-bond donors (Lipinski definition) is 2. The molecule has 0 radical (unpaired) electrons. The molecular weight excluding hydrogens is 342 g/mol. The van der Waals surface area contributed by atoms with Gasteiger partial charge in [-0.3, -0.25) is 9.89 Å². The van der Waals surface area contributed by atoms with Gasteiger partial charge in [0.2, 0.25) is 5.91 Å². The summed E-state index contributed by atoms with van der Waals surface area (Å²) in [7, 11) is 0. The van der Waals surface area contributed by atoms with E-state index in [-0.39, 0.29) is 11.9 Å². The summed E-state index contributed by atoms with van der Waals surface area (Å²) in [5.74, 6) is -2.19. The van der Waals surface area contributed by atoms with E-state index < -0.39 is 46.7 Å². The second-order valence-corrected chi connectivity index (χ2v) is 4.96. The molecule has 0 aliphatic rings. The first-order chi connectivity index (χ1) is 10.9. The average molecular weight is 352 g/mol. The molecule has 1 aromatic heterocycles. The highest BCUT2D eigenvalue weighted by molar-refractivity contribution is 5.80. The van der Waals surface area contributed by atoms with E-state index in [1.54, 1.807) is 0 Å². The number of aromatic nitrogens is 3. The molecule has 0 spiro atoms. The van der Waals surface area contributed by atoms with Crippen LogP contribution in [0.25, 0.3) is 11.4 Å². The zero-order valence-corrected chi connectivity index (χ0v) is 12.0. The molecule has 0 saturated carbocycles. The minimum absolute atomic E-state index is 0.00307. The van der Waals surface area contributed by atoms with E-state index in [4.69, 9.17) is 5.73 Å². The maximum atomic E-state index is 12.8. The number of halogens is 6. The van der Waals surface area contributed by atoms with Gasteiger partial charge in [-0.15, -0.1) is 0 Å². The molecule has 24 heavy (non-hydrogen) atoms. The molecule has 130 valence electrons. The van der Waals surface area contributed by atoms with Gasteiger partial charge in [-0.05, 0) is 25.1 Å². The number of alkyl halides is 6. The average Bonchev–Trinajstić information content (AvgIpc) is 2.93. The molecule has 0 fully saturated rings. The van der Waals surface area contributed by atoms with E-state index in [0.717, 1.165) is 0 Å². The second-order valence-electron chi connectivity index (χ2n) is 4.96. The summed E-state index contributed by atoms with van der Waals surface area (Å²) in [4.78, 5) is 14.8. The van der Waals surface area contributed by atoms with E-state index in [2.05, 4.69) is 15.2 Å². The number of nitrogens with zero attached hydrogens (tertiary/aromatic N) is 2. The first-order valence-corrected chi connectivity index (χ1v) is 6.41. The fourth-order valence-electron chi connectivity index (χ4n) is 1.82. The summed E-state index contributed by atoms with van der Waals surface area (Å²) in [6.45, 7) is 1.36. The first-order valence-electron chi connectivity index (χ1n) is 6.41. The molecule has 1 aromatic carbocycles. The Morgan fingerprint density at radius 1 is 1.08 bits per heavy atom. The number of rotatable bonds is 3. The van der Waals surface area contributed by atoms with Crippen molar-refractivity contribution in [2.75, 3.05) is 0 Å². The lowest BCUT2D eigenvalue weighted by Gasteiger charge is -2.13. The fraction of sp³-hybridized carbons (Fsp3) is 0.308. The van der Waals surface area contributed by atoms with E-state index in [0.29, 0.717) is 12.1 Å². The summed E-state index contributed by atoms with van der Waals surface area (Å²) >= 11 is 0. The number of amides is 1. The quantitative estimate of drug-likeness (QED) is 0.833. The van der Waals surface area contributed by atoms with Crippen LogP contribution in [0, 0.1) is 0 Å². The van der Waals surface area contributed by atoms with Gasteiger partial charge in [0, 0.05) is 5.56 Å². The Balaban J connectivity index is 2.56. The van der Waals surface area contributed by atoms with Crippen LogP contribution in [-0.4, -0.2) is 21.1 Å². The van der Waals surface area contributed by atoms with Crippen molar-refractivity contribution in [1.29, 1.82) is 0 Å². The lowest BCUT2D eigenvalue weighted by Crippen LogP contribution is -2.19. The predicted octanol–water partition coefficient (Wildman–Crippen LogP) is 3.10. The topological polar surface area (TPSA) is 84.7 Å². The van der Waals surface area contributed by atoms with Crippen molar-refractivity contribution >= 4 is 5.91 Å². The van der Waals surface area contributed by atoms with Crippen molar-refractivity contribution in [3.63, 3.8) is 0 Å². The molecule has 1 unspecified atom stereocenters. The Hall–Kier alpha value is -2.59. The Bertz CT molecular complexity index is 732. The fourth-order valence-corrected chi connectivity index (χ4v) is 1.82. The Morgan fingerprint density at radius 3 is 2.00 bits per heavy atom. The van der Waals surface area contributed by atoms with Crippen molar-refractivity contribution < 1.29 is 31.1 Å². The van der Waals surface area contributed by atoms with Gasteiger partial charge >= 0.3 is 12.4 Å². The van der Waals surface area contributed by atoms with Gasteiger partial charge in [0.25, 0.3) is 0 Å². The van der Waals surface area contributed by atoms with Gasteiger partial charge in [0.1, 0.15) is 5.82 Å². The Labute approximate surface area is 130 Å². The van der Waals surface area contributed by atoms with Crippen LogP contribution in [0.15, 0.2) is 18.2 Å². The van der Waals surface area contributed by atoms with Crippen molar-refractivity contribution in [3.8, 4) is 11.4 Å². The molecule has 5 nitrogen and oxygen atoms in total. The number of benzene rings is 1. The highest BCUT2D eigenvalue weighted by Gasteiger charge is 2.37. The number of nitrogens with two attached hydrogens (primary N) is 1. The molecule has 1 atom stereocenters. The van der Waals surface area contributed by atoms with Gasteiger partial charge in [-0.1, -0.05) is 0 Å². The van der Waals surface area contributed by atoms with Gasteiger partial charge in [-0.25, -0.2) is 4.98 Å². The van der Waals surface area contributed by atoms with Gasteiger partial charge in [0.05, 0.1) is 17.0 Å². The lowest BCUT2D eigenvalue weighted by molar-refractivity contribution is -0.143. The van der Waals surface area contributed by atoms with Crippen LogP contribution in [0.4, 0.5) is 26.3 Å². The summed E-state index contributed by atoms with van der Waals surface area (Å²) in [5.41, 5.74) is 1.60. The van der Waals surface area contributed by atoms with Gasteiger partial charge in [0.15, 0.2) is 5.82 Å². The van der Waals surface area contributed by atoms with Crippen molar-refractivity contribution in [2.24, 2.45) is 5.73 Å². The summed E-state index contributed by atoms with van der Waals surface area (Å²) < 4.78 is 76.9. The van der Waals surface area contributed by atoms with E-state index in [1.165, 1.54) is 6.92 Å². The second kappa shape index (κ2) is 5.80. The predicted molar refractivity (Wildman–Crippen MR) is 69.4 cm³/mol. The van der Waals surface area contributed by atoms with Crippen LogP contribution in [-0.2, 0) is 17.1 Å². The summed E-state index contributed by atoms with van der Waals surface area (Å²) in [6.07, 6.45) is -9.95. The monoisotopic (exact) mass is 352 g/mol. The minimum Gasteiger partial charge on any atom is -0.369 e. The molecule has 2 aromatic rings. The van der Waals surface area contributed by atoms with Crippen LogP contribution in [0.5, 0.6) is 0 Å². The number of primary amides is 1. The molecule has 11 heteroatoms. The van der Waals surface area contributed by atoms with Crippen molar-refractivity contribution in [2.45, 2.75) is 25.2 Å². The molecular formula is C13H10F6N4O. The number of hydrogen-bond acceptors (Lipinski definition) is 3. The SMILES string of the molecule is CC(C(N)=O)c1nc(-c2cc(C(F)(F)F)cc(C(F)(F)F)c2)n[nH]1. The third-order valence-corrected chi connectivity index (χ3v) is 3.19. The largest absolute Gasteiger partial charge is 0.416 e. The van der Waals surface area contributed by atoms with Crippen LogP contribution >= 0.6 is 0 Å². The van der Waals surface area contributed by atoms with Crippen LogP contribution in [0.1, 0.15) is 29.8 Å². The molecule has 0 saturated heterocycles. The number of H-pyrrole nitrogens is 1. The Kier molecular flexibility index (Phi) is 4.29. The van der Waals surface area contributed by atoms with Crippen LogP contribution < -0.4 is 5.73 Å². The summed E-state index contributed by atoms with van der Waals surface area (Å²) in [6, 6.07) is 0.997. The lowest BCUT2D eigenvalue weighted by atomic mass is 10.0. The maximum absolute atomic E-state index is 12.8.